The topological polar surface area (TPSA) is 73.2 Å². The van der Waals surface area contributed by atoms with E-state index in [1.54, 1.807) is 7.11 Å². The average Bonchev–Trinajstić information content (AvgIpc) is 2.59. The van der Waals surface area contributed by atoms with Crippen LogP contribution < -0.4 is 0 Å². The van der Waals surface area contributed by atoms with Crippen LogP contribution in [-0.2, 0) is 11.2 Å². The van der Waals surface area contributed by atoms with Gasteiger partial charge in [-0.3, -0.25) is 4.90 Å². The molecule has 0 radical (unpaired) electrons. The summed E-state index contributed by atoms with van der Waals surface area (Å²) in [7, 11) is 1.66. The molecule has 0 saturated heterocycles. The molecule has 130 valence electrons. The van der Waals surface area contributed by atoms with Crippen molar-refractivity contribution in [1.82, 2.24) is 4.90 Å². The van der Waals surface area contributed by atoms with E-state index >= 15 is 0 Å². The van der Waals surface area contributed by atoms with Crippen LogP contribution in [0, 0.1) is 5.82 Å². The Morgan fingerprint density at radius 1 is 1.29 bits per heavy atom. The summed E-state index contributed by atoms with van der Waals surface area (Å²) in [6.07, 6.45) is 4.68. The lowest BCUT2D eigenvalue weighted by molar-refractivity contribution is 0.0720. The molecule has 5 nitrogen and oxygen atoms in total. The first-order chi connectivity index (χ1) is 11.5. The van der Waals surface area contributed by atoms with Crippen molar-refractivity contribution in [2.45, 2.75) is 31.7 Å². The first-order valence-electron chi connectivity index (χ1n) is 8.02. The number of nitrogens with zero attached hydrogens (tertiary/aromatic N) is 1. The van der Waals surface area contributed by atoms with E-state index < -0.39 is 11.6 Å². The third-order valence-electron chi connectivity index (χ3n) is 4.94. The number of aromatic hydroxyl groups is 2. The van der Waals surface area contributed by atoms with E-state index in [-0.39, 0.29) is 18.5 Å². The second-order valence-electron chi connectivity index (χ2n) is 6.24. The van der Waals surface area contributed by atoms with Crippen LogP contribution >= 0.6 is 0 Å². The third kappa shape index (κ3) is 3.12. The van der Waals surface area contributed by atoms with Crippen LogP contribution in [0.2, 0.25) is 0 Å². The number of aliphatic hydroxyl groups is 1. The predicted octanol–water partition coefficient (Wildman–Crippen LogP) is 2.42. The van der Waals surface area contributed by atoms with E-state index in [2.05, 4.69) is 0 Å². The zero-order valence-electron chi connectivity index (χ0n) is 13.6. The van der Waals surface area contributed by atoms with Crippen LogP contribution in [0.1, 0.15) is 24.8 Å². The van der Waals surface area contributed by atoms with Gasteiger partial charge in [0.25, 0.3) is 0 Å². The molecule has 0 amide bonds. The maximum Gasteiger partial charge on any atom is 0.160 e. The van der Waals surface area contributed by atoms with Gasteiger partial charge in [-0.05, 0) is 42.5 Å². The monoisotopic (exact) mass is 335 g/mol. The molecular weight excluding hydrogens is 313 g/mol. The highest BCUT2D eigenvalue weighted by Gasteiger charge is 2.31. The molecule has 1 aliphatic heterocycles. The molecule has 0 fully saturated rings. The molecule has 0 saturated carbocycles. The molecule has 3 N–H and O–H groups in total. The molecule has 0 spiro atoms. The first-order valence-corrected chi connectivity index (χ1v) is 8.02. The minimum atomic E-state index is -0.556. The van der Waals surface area contributed by atoms with Gasteiger partial charge in [0.15, 0.2) is 11.5 Å². The fourth-order valence-corrected chi connectivity index (χ4v) is 3.58. The van der Waals surface area contributed by atoms with Crippen LogP contribution in [0.15, 0.2) is 35.1 Å². The molecule has 2 aliphatic rings. The Hall–Kier alpha value is -2.05. The van der Waals surface area contributed by atoms with Gasteiger partial charge in [0.1, 0.15) is 5.82 Å². The van der Waals surface area contributed by atoms with Crippen LogP contribution in [-0.4, -0.2) is 46.6 Å². The maximum absolute atomic E-state index is 14.2. The van der Waals surface area contributed by atoms with Gasteiger partial charge in [-0.25, -0.2) is 4.39 Å². The number of rotatable bonds is 4. The summed E-state index contributed by atoms with van der Waals surface area (Å²) >= 11 is 0. The van der Waals surface area contributed by atoms with Gasteiger partial charge >= 0.3 is 0 Å². The van der Waals surface area contributed by atoms with E-state index in [0.717, 1.165) is 24.7 Å². The molecular formula is C18H22FNO4. The highest BCUT2D eigenvalue weighted by atomic mass is 19.1. The molecule has 0 unspecified atom stereocenters. The van der Waals surface area contributed by atoms with Crippen molar-refractivity contribution in [3.63, 3.8) is 0 Å². The van der Waals surface area contributed by atoms with E-state index in [1.807, 2.05) is 11.0 Å². The summed E-state index contributed by atoms with van der Waals surface area (Å²) in [6.45, 7) is 0.594. The molecule has 3 rings (SSSR count). The maximum atomic E-state index is 14.2. The zero-order chi connectivity index (χ0) is 17.3. The summed E-state index contributed by atoms with van der Waals surface area (Å²) in [5.41, 5.74) is 2.79. The lowest BCUT2D eigenvalue weighted by Crippen LogP contribution is -2.44. The summed E-state index contributed by atoms with van der Waals surface area (Å²) in [5, 5.41) is 28.7. The number of phenolic OH excluding ortho intramolecular Hbond substituents is 2. The van der Waals surface area contributed by atoms with Gasteiger partial charge in [0.2, 0.25) is 0 Å². The van der Waals surface area contributed by atoms with Crippen molar-refractivity contribution >= 4 is 0 Å². The minimum absolute atomic E-state index is 0.103. The Kier molecular flexibility index (Phi) is 4.78. The van der Waals surface area contributed by atoms with Crippen molar-refractivity contribution < 1.29 is 24.4 Å². The Morgan fingerprint density at radius 2 is 2.04 bits per heavy atom. The molecule has 0 bridgehead atoms. The Balaban J connectivity index is 1.90. The highest BCUT2D eigenvalue weighted by molar-refractivity contribution is 5.43. The molecule has 1 aliphatic carbocycles. The minimum Gasteiger partial charge on any atom is -0.504 e. The fraction of sp³-hybridized carbons (Fsp3) is 0.444. The number of phenols is 2. The summed E-state index contributed by atoms with van der Waals surface area (Å²) in [4.78, 5) is 1.91. The molecule has 0 aromatic heterocycles. The number of aliphatic hydroxyl groups excluding tert-OH is 1. The van der Waals surface area contributed by atoms with Crippen LogP contribution in [0.3, 0.4) is 0 Å². The second-order valence-corrected chi connectivity index (χ2v) is 6.24. The van der Waals surface area contributed by atoms with E-state index in [4.69, 9.17) is 4.74 Å². The average molecular weight is 335 g/mol. The van der Waals surface area contributed by atoms with Crippen molar-refractivity contribution in [2.24, 2.45) is 0 Å². The van der Waals surface area contributed by atoms with E-state index in [1.165, 1.54) is 17.2 Å². The number of hydrogen-bond acceptors (Lipinski definition) is 5. The van der Waals surface area contributed by atoms with Crippen molar-refractivity contribution in [3.05, 3.63) is 46.5 Å². The molecule has 1 heterocycles. The lowest BCUT2D eigenvalue weighted by Gasteiger charge is -2.39. The Labute approximate surface area is 140 Å². The van der Waals surface area contributed by atoms with Gasteiger partial charge in [0, 0.05) is 25.1 Å². The summed E-state index contributed by atoms with van der Waals surface area (Å²) < 4.78 is 19.5. The highest BCUT2D eigenvalue weighted by Crippen LogP contribution is 2.37. The number of halogens is 1. The smallest absolute Gasteiger partial charge is 0.160 e. The normalized spacial score (nSPS) is 21.5. The number of ether oxygens (including phenoxy) is 1. The van der Waals surface area contributed by atoms with Gasteiger partial charge in [-0.15, -0.1) is 0 Å². The molecule has 1 atom stereocenters. The van der Waals surface area contributed by atoms with Crippen molar-refractivity contribution in [3.8, 4) is 11.5 Å². The molecule has 1 aromatic rings. The van der Waals surface area contributed by atoms with E-state index in [0.29, 0.717) is 24.9 Å². The van der Waals surface area contributed by atoms with Crippen LogP contribution in [0.4, 0.5) is 4.39 Å². The number of benzene rings is 1. The number of methoxy groups -OCH3 is 1. The van der Waals surface area contributed by atoms with Crippen molar-refractivity contribution in [1.29, 1.82) is 0 Å². The number of hydrogen-bond donors (Lipinski definition) is 3. The van der Waals surface area contributed by atoms with E-state index in [9.17, 15) is 19.7 Å². The van der Waals surface area contributed by atoms with Gasteiger partial charge in [-0.2, -0.15) is 0 Å². The second kappa shape index (κ2) is 6.83. The molecule has 24 heavy (non-hydrogen) atoms. The Bertz CT molecular complexity index is 699. The lowest BCUT2D eigenvalue weighted by atomic mass is 9.82. The quantitative estimate of drug-likeness (QED) is 0.582. The SMILES string of the molecule is COC1=CCC2=C(CCN(CO)[C@@H]2Cc2cc(O)c(O)cc2F)C1. The summed E-state index contributed by atoms with van der Waals surface area (Å²) in [5.74, 6) is -0.417. The zero-order valence-corrected chi connectivity index (χ0v) is 13.6. The molecule has 1 aromatic carbocycles. The molecule has 6 heteroatoms. The van der Waals surface area contributed by atoms with Gasteiger partial charge in [0.05, 0.1) is 19.6 Å². The standard InChI is InChI=1S/C18H22FNO4/c1-24-13-2-3-14-11(6-13)4-5-20(10-21)16(14)7-12-8-17(22)18(23)9-15(12)19/h2,8-9,16,21-23H,3-7,10H2,1H3/t16-/m1/s1. The third-order valence-corrected chi connectivity index (χ3v) is 4.94. The number of allylic oxidation sites excluding steroid dienone is 2. The predicted molar refractivity (Wildman–Crippen MR) is 87.0 cm³/mol. The van der Waals surface area contributed by atoms with Gasteiger partial charge < -0.3 is 20.1 Å². The van der Waals surface area contributed by atoms with Crippen molar-refractivity contribution in [2.75, 3.05) is 20.4 Å². The first kappa shape index (κ1) is 16.8. The van der Waals surface area contributed by atoms with Crippen LogP contribution in [0.5, 0.6) is 11.5 Å². The fourth-order valence-electron chi connectivity index (χ4n) is 3.58. The Morgan fingerprint density at radius 3 is 2.75 bits per heavy atom. The summed E-state index contributed by atoms with van der Waals surface area (Å²) in [6, 6.07) is 2.05. The van der Waals surface area contributed by atoms with Crippen LogP contribution in [0.25, 0.3) is 0 Å². The largest absolute Gasteiger partial charge is 0.504 e. The van der Waals surface area contributed by atoms with Gasteiger partial charge in [-0.1, -0.05) is 5.57 Å².